The van der Waals surface area contributed by atoms with Crippen molar-refractivity contribution in [3.05, 3.63) is 39.7 Å². The van der Waals surface area contributed by atoms with Crippen LogP contribution in [0, 0.1) is 6.92 Å². The van der Waals surface area contributed by atoms with E-state index in [1.807, 2.05) is 0 Å². The molecule has 0 aliphatic carbocycles. The summed E-state index contributed by atoms with van der Waals surface area (Å²) in [5.74, 6) is -0.355. The minimum absolute atomic E-state index is 0.183. The Balaban J connectivity index is 1.81. The van der Waals surface area contributed by atoms with Crippen LogP contribution in [0.25, 0.3) is 0 Å². The topological polar surface area (TPSA) is 104 Å². The number of aromatic carboxylic acids is 1. The molecule has 0 atom stereocenters. The smallest absolute Gasteiger partial charge is 0.347 e. The summed E-state index contributed by atoms with van der Waals surface area (Å²) < 4.78 is 5.07. The minimum Gasteiger partial charge on any atom is -0.477 e. The van der Waals surface area contributed by atoms with E-state index in [1.165, 1.54) is 6.26 Å². The van der Waals surface area contributed by atoms with Crippen molar-refractivity contribution in [2.24, 2.45) is 0 Å². The van der Waals surface area contributed by atoms with Gasteiger partial charge in [0.2, 0.25) is 0 Å². The molecule has 0 aliphatic rings. The largest absolute Gasteiger partial charge is 0.477 e. The zero-order valence-corrected chi connectivity index (χ0v) is 11.5. The van der Waals surface area contributed by atoms with E-state index < -0.39 is 5.97 Å². The molecule has 2 rings (SSSR count). The molecule has 7 nitrogen and oxygen atoms in total. The fourth-order valence-corrected chi connectivity index (χ4v) is 2.37. The number of nitrogens with zero attached hydrogens (tertiary/aromatic N) is 1. The number of carboxylic acid groups (broad SMARTS) is 1. The van der Waals surface area contributed by atoms with E-state index in [1.54, 1.807) is 19.1 Å². The molecule has 0 radical (unpaired) electrons. The Bertz CT molecular complexity index is 606. The minimum atomic E-state index is -1.01. The lowest BCUT2D eigenvalue weighted by atomic mass is 10.4. The molecule has 0 saturated carbocycles. The monoisotopic (exact) mass is 295 g/mol. The van der Waals surface area contributed by atoms with Gasteiger partial charge in [0, 0.05) is 0 Å². The quantitative estimate of drug-likeness (QED) is 0.779. The van der Waals surface area contributed by atoms with Crippen LogP contribution in [0.15, 0.2) is 22.8 Å². The van der Waals surface area contributed by atoms with Gasteiger partial charge in [0.1, 0.15) is 15.6 Å². The molecular weight excluding hydrogens is 282 g/mol. The van der Waals surface area contributed by atoms with Gasteiger partial charge in [0.25, 0.3) is 0 Å². The van der Waals surface area contributed by atoms with Crippen LogP contribution in [-0.2, 0) is 13.1 Å². The van der Waals surface area contributed by atoms with E-state index in [-0.39, 0.29) is 24.0 Å². The molecule has 3 N–H and O–H groups in total. The first kappa shape index (κ1) is 14.1. The van der Waals surface area contributed by atoms with Gasteiger partial charge in [-0.25, -0.2) is 14.6 Å². The lowest BCUT2D eigenvalue weighted by Gasteiger charge is -2.04. The molecular formula is C12H13N3O4S. The van der Waals surface area contributed by atoms with Crippen molar-refractivity contribution in [2.75, 3.05) is 0 Å². The second-order valence-electron chi connectivity index (χ2n) is 3.94. The van der Waals surface area contributed by atoms with Crippen molar-refractivity contribution >= 4 is 23.3 Å². The van der Waals surface area contributed by atoms with Gasteiger partial charge in [-0.3, -0.25) is 0 Å². The van der Waals surface area contributed by atoms with Crippen molar-refractivity contribution in [1.82, 2.24) is 15.6 Å². The van der Waals surface area contributed by atoms with Gasteiger partial charge in [-0.2, -0.15) is 0 Å². The molecule has 0 fully saturated rings. The average molecular weight is 295 g/mol. The molecule has 0 bridgehead atoms. The molecule has 0 spiro atoms. The van der Waals surface area contributed by atoms with E-state index in [9.17, 15) is 9.59 Å². The standard InChI is InChI=1S/C12H13N3O4S/c1-7-10(11(16)17)20-9(15-7)6-14-12(18)13-5-8-3-2-4-19-8/h2-4H,5-6H2,1H3,(H,16,17)(H2,13,14,18). The molecule has 2 heterocycles. The van der Waals surface area contributed by atoms with E-state index in [0.29, 0.717) is 16.5 Å². The summed E-state index contributed by atoms with van der Waals surface area (Å²) in [5, 5.41) is 14.7. The van der Waals surface area contributed by atoms with Crippen LogP contribution < -0.4 is 10.6 Å². The van der Waals surface area contributed by atoms with Crippen LogP contribution in [0.1, 0.15) is 26.1 Å². The van der Waals surface area contributed by atoms with Crippen LogP contribution in [0.4, 0.5) is 4.79 Å². The maximum Gasteiger partial charge on any atom is 0.347 e. The first-order chi connectivity index (χ1) is 9.56. The fraction of sp³-hybridized carbons (Fsp3) is 0.250. The predicted molar refractivity (Wildman–Crippen MR) is 71.6 cm³/mol. The summed E-state index contributed by atoms with van der Waals surface area (Å²) in [4.78, 5) is 26.7. The van der Waals surface area contributed by atoms with E-state index in [4.69, 9.17) is 9.52 Å². The second kappa shape index (κ2) is 6.20. The molecule has 2 aromatic heterocycles. The normalized spacial score (nSPS) is 10.2. The Morgan fingerprint density at radius 2 is 2.15 bits per heavy atom. The van der Waals surface area contributed by atoms with Gasteiger partial charge < -0.3 is 20.2 Å². The lowest BCUT2D eigenvalue weighted by Crippen LogP contribution is -2.34. The van der Waals surface area contributed by atoms with Gasteiger partial charge in [0.15, 0.2) is 0 Å². The van der Waals surface area contributed by atoms with Crippen molar-refractivity contribution in [2.45, 2.75) is 20.0 Å². The van der Waals surface area contributed by atoms with Crippen molar-refractivity contribution in [3.8, 4) is 0 Å². The predicted octanol–water partition coefficient (Wildman–Crippen LogP) is 1.74. The van der Waals surface area contributed by atoms with Crippen LogP contribution in [0.5, 0.6) is 0 Å². The maximum atomic E-state index is 11.5. The highest BCUT2D eigenvalue weighted by Gasteiger charge is 2.14. The third kappa shape index (κ3) is 3.58. The average Bonchev–Trinajstić information content (AvgIpc) is 3.03. The summed E-state index contributed by atoms with van der Waals surface area (Å²) in [5.41, 5.74) is 0.454. The highest BCUT2D eigenvalue weighted by molar-refractivity contribution is 7.13. The molecule has 0 saturated heterocycles. The summed E-state index contributed by atoms with van der Waals surface area (Å²) in [6.07, 6.45) is 1.53. The number of rotatable bonds is 5. The summed E-state index contributed by atoms with van der Waals surface area (Å²) in [7, 11) is 0. The molecule has 106 valence electrons. The Kier molecular flexibility index (Phi) is 4.36. The number of amides is 2. The second-order valence-corrected chi connectivity index (χ2v) is 5.03. The third-order valence-corrected chi connectivity index (χ3v) is 3.58. The number of nitrogens with one attached hydrogen (secondary N) is 2. The van der Waals surface area contributed by atoms with Crippen LogP contribution in [0.3, 0.4) is 0 Å². The number of hydrogen-bond donors (Lipinski definition) is 3. The van der Waals surface area contributed by atoms with Crippen LogP contribution in [0.2, 0.25) is 0 Å². The van der Waals surface area contributed by atoms with Gasteiger partial charge in [-0.1, -0.05) is 0 Å². The van der Waals surface area contributed by atoms with Crippen LogP contribution >= 0.6 is 11.3 Å². The molecule has 0 aliphatic heterocycles. The number of aryl methyl sites for hydroxylation is 1. The Morgan fingerprint density at radius 1 is 1.40 bits per heavy atom. The van der Waals surface area contributed by atoms with E-state index in [2.05, 4.69) is 15.6 Å². The van der Waals surface area contributed by atoms with Gasteiger partial charge in [-0.05, 0) is 19.1 Å². The maximum absolute atomic E-state index is 11.5. The molecule has 0 aromatic carbocycles. The summed E-state index contributed by atoms with van der Waals surface area (Å²) in [6.45, 7) is 2.10. The zero-order chi connectivity index (χ0) is 14.5. The number of furan rings is 1. The fourth-order valence-electron chi connectivity index (χ4n) is 1.53. The van der Waals surface area contributed by atoms with E-state index in [0.717, 1.165) is 11.3 Å². The Hall–Kier alpha value is -2.35. The molecule has 2 amide bonds. The van der Waals surface area contributed by atoms with Crippen molar-refractivity contribution < 1.29 is 19.1 Å². The van der Waals surface area contributed by atoms with Crippen LogP contribution in [-0.4, -0.2) is 22.1 Å². The molecule has 20 heavy (non-hydrogen) atoms. The Labute approximate surface area is 118 Å². The number of thiazole rings is 1. The summed E-state index contributed by atoms with van der Waals surface area (Å²) >= 11 is 1.05. The number of hydrogen-bond acceptors (Lipinski definition) is 5. The third-order valence-electron chi connectivity index (χ3n) is 2.44. The van der Waals surface area contributed by atoms with Gasteiger partial charge in [0.05, 0.1) is 25.0 Å². The van der Waals surface area contributed by atoms with E-state index >= 15 is 0 Å². The summed E-state index contributed by atoms with van der Waals surface area (Å²) in [6, 6.07) is 3.12. The van der Waals surface area contributed by atoms with Crippen molar-refractivity contribution in [3.63, 3.8) is 0 Å². The number of urea groups is 1. The number of aromatic nitrogens is 1. The van der Waals surface area contributed by atoms with Gasteiger partial charge in [-0.15, -0.1) is 11.3 Å². The zero-order valence-electron chi connectivity index (χ0n) is 10.7. The number of carbonyl (C=O) groups is 2. The Morgan fingerprint density at radius 3 is 2.75 bits per heavy atom. The van der Waals surface area contributed by atoms with Crippen molar-refractivity contribution in [1.29, 1.82) is 0 Å². The first-order valence-corrected chi connectivity index (χ1v) is 6.61. The highest BCUT2D eigenvalue weighted by atomic mass is 32.1. The molecule has 8 heteroatoms. The first-order valence-electron chi connectivity index (χ1n) is 5.80. The number of carboxylic acids is 1. The van der Waals surface area contributed by atoms with Gasteiger partial charge >= 0.3 is 12.0 Å². The number of carbonyl (C=O) groups excluding carboxylic acids is 1. The molecule has 0 unspecified atom stereocenters. The SMILES string of the molecule is Cc1nc(CNC(=O)NCc2ccco2)sc1C(=O)O. The molecule has 2 aromatic rings. The lowest BCUT2D eigenvalue weighted by molar-refractivity contribution is 0.0701. The highest BCUT2D eigenvalue weighted by Crippen LogP contribution is 2.17.